The molecule has 1 atom stereocenters. The molecule has 1 aromatic rings. The third-order valence-electron chi connectivity index (χ3n) is 3.09. The second-order valence-electron chi connectivity index (χ2n) is 4.45. The van der Waals surface area contributed by atoms with E-state index in [9.17, 15) is 0 Å². The van der Waals surface area contributed by atoms with E-state index in [2.05, 4.69) is 14.9 Å². The van der Waals surface area contributed by atoms with Crippen molar-refractivity contribution >= 4 is 29.2 Å². The molecule has 4 nitrogen and oxygen atoms in total. The Morgan fingerprint density at radius 2 is 2.39 bits per heavy atom. The average molecular weight is 288 g/mol. The van der Waals surface area contributed by atoms with Crippen LogP contribution in [0.4, 0.5) is 5.82 Å². The molecule has 1 saturated heterocycles. The Bertz CT molecular complexity index is 403. The highest BCUT2D eigenvalue weighted by atomic mass is 35.5. The lowest BCUT2D eigenvalue weighted by atomic mass is 9.99. The first-order valence-electron chi connectivity index (χ1n) is 6.05. The minimum Gasteiger partial charge on any atom is -0.384 e. The van der Waals surface area contributed by atoms with Gasteiger partial charge in [0.15, 0.2) is 5.16 Å². The molecule has 0 radical (unpaired) electrons. The Morgan fingerprint density at radius 3 is 3.11 bits per heavy atom. The highest BCUT2D eigenvalue weighted by Gasteiger charge is 2.21. The lowest BCUT2D eigenvalue weighted by Crippen LogP contribution is -2.37. The summed E-state index contributed by atoms with van der Waals surface area (Å²) in [5, 5.41) is 1.24. The van der Waals surface area contributed by atoms with Crippen molar-refractivity contribution in [1.82, 2.24) is 9.97 Å². The molecule has 2 rings (SSSR count). The van der Waals surface area contributed by atoms with E-state index in [4.69, 9.17) is 16.3 Å². The smallest absolute Gasteiger partial charge is 0.190 e. The van der Waals surface area contributed by atoms with Crippen molar-refractivity contribution in [3.63, 3.8) is 0 Å². The maximum Gasteiger partial charge on any atom is 0.190 e. The van der Waals surface area contributed by atoms with Crippen LogP contribution < -0.4 is 4.90 Å². The lowest BCUT2D eigenvalue weighted by Gasteiger charge is -2.33. The fourth-order valence-electron chi connectivity index (χ4n) is 2.28. The minimum atomic E-state index is 0.512. The van der Waals surface area contributed by atoms with Crippen molar-refractivity contribution in [3.8, 4) is 0 Å². The van der Waals surface area contributed by atoms with Gasteiger partial charge in [0.25, 0.3) is 0 Å². The SMILES string of the molecule is COCC1CCCN(c2cc(Cl)nc(SC)n2)C1. The summed E-state index contributed by atoms with van der Waals surface area (Å²) in [6.07, 6.45) is 4.35. The molecule has 1 aliphatic heterocycles. The van der Waals surface area contributed by atoms with Gasteiger partial charge < -0.3 is 9.64 Å². The zero-order valence-corrected chi connectivity index (χ0v) is 12.3. The van der Waals surface area contributed by atoms with Crippen molar-refractivity contribution in [3.05, 3.63) is 11.2 Å². The van der Waals surface area contributed by atoms with Gasteiger partial charge in [-0.3, -0.25) is 0 Å². The van der Waals surface area contributed by atoms with Gasteiger partial charge in [-0.1, -0.05) is 23.4 Å². The van der Waals surface area contributed by atoms with Gasteiger partial charge in [0.2, 0.25) is 0 Å². The maximum absolute atomic E-state index is 6.03. The van der Waals surface area contributed by atoms with Gasteiger partial charge in [0, 0.05) is 26.3 Å². The van der Waals surface area contributed by atoms with Gasteiger partial charge in [-0.25, -0.2) is 9.97 Å². The molecule has 1 unspecified atom stereocenters. The number of piperidine rings is 1. The highest BCUT2D eigenvalue weighted by molar-refractivity contribution is 7.98. The first kappa shape index (κ1) is 13.9. The lowest BCUT2D eigenvalue weighted by molar-refractivity contribution is 0.143. The van der Waals surface area contributed by atoms with Crippen LogP contribution in [-0.2, 0) is 4.74 Å². The molecule has 2 heterocycles. The molecule has 18 heavy (non-hydrogen) atoms. The second-order valence-corrected chi connectivity index (χ2v) is 5.61. The van der Waals surface area contributed by atoms with Gasteiger partial charge in [-0.05, 0) is 25.0 Å². The quantitative estimate of drug-likeness (QED) is 0.484. The van der Waals surface area contributed by atoms with E-state index >= 15 is 0 Å². The monoisotopic (exact) mass is 287 g/mol. The number of rotatable bonds is 4. The van der Waals surface area contributed by atoms with Gasteiger partial charge in [0.1, 0.15) is 11.0 Å². The van der Waals surface area contributed by atoms with Crippen LogP contribution in [0.15, 0.2) is 11.2 Å². The van der Waals surface area contributed by atoms with Gasteiger partial charge >= 0.3 is 0 Å². The Morgan fingerprint density at radius 1 is 1.56 bits per heavy atom. The van der Waals surface area contributed by atoms with Crippen LogP contribution in [0.5, 0.6) is 0 Å². The number of nitrogens with zero attached hydrogens (tertiary/aromatic N) is 3. The van der Waals surface area contributed by atoms with Crippen LogP contribution >= 0.6 is 23.4 Å². The summed E-state index contributed by atoms with van der Waals surface area (Å²) in [7, 11) is 1.76. The fraction of sp³-hybridized carbons (Fsp3) is 0.667. The van der Waals surface area contributed by atoms with Crippen LogP contribution in [0.2, 0.25) is 5.15 Å². The Balaban J connectivity index is 2.12. The molecule has 0 aliphatic carbocycles. The summed E-state index contributed by atoms with van der Waals surface area (Å²) in [4.78, 5) is 11.0. The number of ether oxygens (including phenoxy) is 1. The molecule has 1 fully saturated rings. The molecule has 0 bridgehead atoms. The molecule has 0 amide bonds. The molecule has 0 aromatic carbocycles. The van der Waals surface area contributed by atoms with Crippen LogP contribution in [0.25, 0.3) is 0 Å². The van der Waals surface area contributed by atoms with Crippen molar-refractivity contribution < 1.29 is 4.74 Å². The van der Waals surface area contributed by atoms with Crippen molar-refractivity contribution in [2.45, 2.75) is 18.0 Å². The maximum atomic E-state index is 6.03. The number of thioether (sulfide) groups is 1. The summed E-state index contributed by atoms with van der Waals surface area (Å²) in [6.45, 7) is 2.82. The average Bonchev–Trinajstić information content (AvgIpc) is 2.39. The predicted octanol–water partition coefficient (Wildman–Crippen LogP) is 2.71. The van der Waals surface area contributed by atoms with Crippen LogP contribution in [0.1, 0.15) is 12.8 Å². The largest absolute Gasteiger partial charge is 0.384 e. The van der Waals surface area contributed by atoms with E-state index in [1.165, 1.54) is 24.6 Å². The fourth-order valence-corrected chi connectivity index (χ4v) is 2.89. The van der Waals surface area contributed by atoms with Crippen molar-refractivity contribution in [2.24, 2.45) is 5.92 Å². The van der Waals surface area contributed by atoms with E-state index < -0.39 is 0 Å². The van der Waals surface area contributed by atoms with E-state index in [-0.39, 0.29) is 0 Å². The number of aromatic nitrogens is 2. The number of hydrogen-bond acceptors (Lipinski definition) is 5. The molecular weight excluding hydrogens is 270 g/mol. The van der Waals surface area contributed by atoms with E-state index in [0.717, 1.165) is 30.7 Å². The van der Waals surface area contributed by atoms with Crippen LogP contribution in [0, 0.1) is 5.92 Å². The van der Waals surface area contributed by atoms with E-state index in [1.54, 1.807) is 7.11 Å². The molecule has 6 heteroatoms. The first-order chi connectivity index (χ1) is 8.72. The third-order valence-corrected chi connectivity index (χ3v) is 3.83. The van der Waals surface area contributed by atoms with Crippen LogP contribution in [-0.4, -0.2) is 43.0 Å². The van der Waals surface area contributed by atoms with Crippen LogP contribution in [0.3, 0.4) is 0 Å². The second kappa shape index (κ2) is 6.59. The summed E-state index contributed by atoms with van der Waals surface area (Å²) in [5.41, 5.74) is 0. The topological polar surface area (TPSA) is 38.2 Å². The summed E-state index contributed by atoms with van der Waals surface area (Å²) in [5.74, 6) is 1.51. The summed E-state index contributed by atoms with van der Waals surface area (Å²) >= 11 is 7.54. The number of anilines is 1. The third kappa shape index (κ3) is 3.49. The molecule has 1 aliphatic rings. The van der Waals surface area contributed by atoms with Crippen molar-refractivity contribution in [1.29, 1.82) is 0 Å². The zero-order valence-electron chi connectivity index (χ0n) is 10.7. The standard InChI is InChI=1S/C12H18ClN3OS/c1-17-8-9-4-3-5-16(7-9)11-6-10(13)14-12(15-11)18-2/h6,9H,3-5,7-8H2,1-2H3. The minimum absolute atomic E-state index is 0.512. The van der Waals surface area contributed by atoms with E-state index in [1.807, 2.05) is 12.3 Å². The normalized spacial score (nSPS) is 20.2. The van der Waals surface area contributed by atoms with Crippen molar-refractivity contribution in [2.75, 3.05) is 38.0 Å². The molecule has 0 spiro atoms. The first-order valence-corrected chi connectivity index (χ1v) is 7.65. The highest BCUT2D eigenvalue weighted by Crippen LogP contribution is 2.25. The zero-order chi connectivity index (χ0) is 13.0. The molecule has 100 valence electrons. The Kier molecular flexibility index (Phi) is 5.09. The summed E-state index contributed by atoms with van der Waals surface area (Å²) < 4.78 is 5.24. The van der Waals surface area contributed by atoms with Gasteiger partial charge in [-0.2, -0.15) is 0 Å². The Hall–Kier alpha value is -0.520. The number of methoxy groups -OCH3 is 1. The Labute approximate surface area is 117 Å². The molecule has 0 N–H and O–H groups in total. The van der Waals surface area contributed by atoms with Gasteiger partial charge in [-0.15, -0.1) is 0 Å². The van der Waals surface area contributed by atoms with E-state index in [0.29, 0.717) is 11.1 Å². The number of hydrogen-bond donors (Lipinski definition) is 0. The van der Waals surface area contributed by atoms with Gasteiger partial charge in [0.05, 0.1) is 6.61 Å². The number of halogens is 1. The predicted molar refractivity (Wildman–Crippen MR) is 75.6 cm³/mol. The summed E-state index contributed by atoms with van der Waals surface area (Å²) in [6, 6.07) is 1.84. The molecule has 1 aromatic heterocycles. The molecular formula is C12H18ClN3OS. The molecule has 0 saturated carbocycles.